The predicted molar refractivity (Wildman–Crippen MR) is 73.8 cm³/mol. The molecule has 1 saturated heterocycles. The number of nitrogens with one attached hydrogen (secondary N) is 2. The number of aromatic nitrogens is 2. The second kappa shape index (κ2) is 5.32. The number of anilines is 1. The molecule has 0 saturated carbocycles. The Morgan fingerprint density at radius 1 is 1.32 bits per heavy atom. The maximum Gasteiger partial charge on any atom is 0.224 e. The lowest BCUT2D eigenvalue weighted by molar-refractivity contribution is -0.116. The van der Waals surface area contributed by atoms with E-state index in [4.69, 9.17) is 0 Å². The first kappa shape index (κ1) is 12.0. The summed E-state index contributed by atoms with van der Waals surface area (Å²) >= 11 is 0. The molecular weight excluding hydrogens is 240 g/mol. The number of fused-ring (bicyclic) bond motifs is 1. The third-order valence-corrected chi connectivity index (χ3v) is 3.39. The highest BCUT2D eigenvalue weighted by Gasteiger charge is 2.18. The largest absolute Gasteiger partial charge is 0.326 e. The Balaban J connectivity index is 1.68. The van der Waals surface area contributed by atoms with Crippen LogP contribution in [-0.2, 0) is 4.79 Å². The zero-order chi connectivity index (χ0) is 13.1. The van der Waals surface area contributed by atoms with Crippen molar-refractivity contribution in [3.63, 3.8) is 0 Å². The molecule has 3 rings (SSSR count). The maximum absolute atomic E-state index is 11.9. The number of carbonyl (C=O) groups excluding carboxylic acids is 1. The Morgan fingerprint density at radius 3 is 2.95 bits per heavy atom. The van der Waals surface area contributed by atoms with Crippen LogP contribution in [0.2, 0.25) is 0 Å². The fourth-order valence-corrected chi connectivity index (χ4v) is 2.40. The second-order valence-electron chi connectivity index (χ2n) is 4.87. The first-order chi connectivity index (χ1) is 9.31. The van der Waals surface area contributed by atoms with Crippen LogP contribution in [-0.4, -0.2) is 29.0 Å². The van der Waals surface area contributed by atoms with Crippen LogP contribution in [0.5, 0.6) is 0 Å². The van der Waals surface area contributed by atoms with E-state index in [1.165, 1.54) is 0 Å². The van der Waals surface area contributed by atoms with Gasteiger partial charge in [-0.25, -0.2) is 0 Å². The van der Waals surface area contributed by atoms with E-state index in [0.29, 0.717) is 12.3 Å². The average Bonchev–Trinajstić information content (AvgIpc) is 2.91. The normalized spacial score (nSPS) is 18.6. The van der Waals surface area contributed by atoms with Crippen LogP contribution in [0.1, 0.15) is 12.8 Å². The molecule has 1 atom stereocenters. The highest BCUT2D eigenvalue weighted by atomic mass is 16.1. The Kier molecular flexibility index (Phi) is 3.37. The van der Waals surface area contributed by atoms with E-state index in [9.17, 15) is 4.79 Å². The number of carbonyl (C=O) groups is 1. The Labute approximate surface area is 111 Å². The number of hydrogen-bond acceptors (Lipinski definition) is 4. The van der Waals surface area contributed by atoms with Crippen molar-refractivity contribution in [3.8, 4) is 0 Å². The summed E-state index contributed by atoms with van der Waals surface area (Å²) in [5.74, 6) is 0.525. The molecule has 1 fully saturated rings. The van der Waals surface area contributed by atoms with Gasteiger partial charge in [-0.05, 0) is 43.6 Å². The van der Waals surface area contributed by atoms with E-state index in [2.05, 4.69) is 20.6 Å². The van der Waals surface area contributed by atoms with Crippen molar-refractivity contribution >= 4 is 22.6 Å². The van der Waals surface area contributed by atoms with E-state index in [0.717, 1.165) is 36.2 Å². The fraction of sp³-hybridized carbons (Fsp3) is 0.357. The third kappa shape index (κ3) is 2.88. The number of amides is 1. The zero-order valence-electron chi connectivity index (χ0n) is 10.6. The number of rotatable bonds is 3. The summed E-state index contributed by atoms with van der Waals surface area (Å²) in [5.41, 5.74) is 2.41. The summed E-state index contributed by atoms with van der Waals surface area (Å²) < 4.78 is 0. The molecule has 1 aromatic heterocycles. The molecule has 2 heterocycles. The Morgan fingerprint density at radius 2 is 2.16 bits per heavy atom. The van der Waals surface area contributed by atoms with Gasteiger partial charge in [-0.3, -0.25) is 14.8 Å². The lowest BCUT2D eigenvalue weighted by Gasteiger charge is -2.09. The van der Waals surface area contributed by atoms with Crippen LogP contribution < -0.4 is 10.6 Å². The van der Waals surface area contributed by atoms with Crippen LogP contribution in [0, 0.1) is 5.92 Å². The van der Waals surface area contributed by atoms with Crippen LogP contribution in [0.15, 0.2) is 30.6 Å². The third-order valence-electron chi connectivity index (χ3n) is 3.39. The molecule has 1 amide bonds. The summed E-state index contributed by atoms with van der Waals surface area (Å²) in [6.07, 6.45) is 4.97. The lowest BCUT2D eigenvalue weighted by Crippen LogP contribution is -2.18. The molecule has 0 aliphatic carbocycles. The second-order valence-corrected chi connectivity index (χ2v) is 4.87. The van der Waals surface area contributed by atoms with Gasteiger partial charge in [0.1, 0.15) is 0 Å². The molecule has 0 spiro atoms. The lowest BCUT2D eigenvalue weighted by atomic mass is 10.0. The summed E-state index contributed by atoms with van der Waals surface area (Å²) in [4.78, 5) is 20.4. The number of nitrogens with zero attached hydrogens (tertiary/aromatic N) is 2. The van der Waals surface area contributed by atoms with Crippen molar-refractivity contribution in [2.75, 3.05) is 18.4 Å². The average molecular weight is 256 g/mol. The molecule has 0 bridgehead atoms. The van der Waals surface area contributed by atoms with Crippen LogP contribution in [0.25, 0.3) is 11.0 Å². The van der Waals surface area contributed by atoms with Crippen molar-refractivity contribution in [1.82, 2.24) is 15.3 Å². The van der Waals surface area contributed by atoms with Gasteiger partial charge in [-0.15, -0.1) is 0 Å². The quantitative estimate of drug-likeness (QED) is 0.874. The summed E-state index contributed by atoms with van der Waals surface area (Å²) in [5, 5.41) is 6.19. The van der Waals surface area contributed by atoms with Crippen molar-refractivity contribution in [2.24, 2.45) is 5.92 Å². The molecule has 0 radical (unpaired) electrons. The van der Waals surface area contributed by atoms with E-state index in [1.54, 1.807) is 12.4 Å². The van der Waals surface area contributed by atoms with Gasteiger partial charge >= 0.3 is 0 Å². The standard InChI is InChI=1S/C14H16N4O/c19-14(7-10-3-4-15-9-10)18-11-1-2-12-13(8-11)17-6-5-16-12/h1-2,5-6,8,10,15H,3-4,7,9H2,(H,18,19). The molecule has 2 aromatic rings. The molecule has 98 valence electrons. The molecular formula is C14H16N4O. The van der Waals surface area contributed by atoms with Gasteiger partial charge in [0.05, 0.1) is 11.0 Å². The van der Waals surface area contributed by atoms with Gasteiger partial charge in [0.2, 0.25) is 5.91 Å². The maximum atomic E-state index is 11.9. The van der Waals surface area contributed by atoms with Gasteiger partial charge in [0.25, 0.3) is 0 Å². The zero-order valence-corrected chi connectivity index (χ0v) is 10.6. The molecule has 1 aliphatic rings. The highest BCUT2D eigenvalue weighted by molar-refractivity contribution is 5.93. The fourth-order valence-electron chi connectivity index (χ4n) is 2.40. The number of benzene rings is 1. The van der Waals surface area contributed by atoms with Gasteiger partial charge < -0.3 is 10.6 Å². The van der Waals surface area contributed by atoms with Gasteiger partial charge in [0, 0.05) is 24.5 Å². The molecule has 5 heteroatoms. The van der Waals surface area contributed by atoms with E-state index >= 15 is 0 Å². The van der Waals surface area contributed by atoms with Gasteiger partial charge in [0.15, 0.2) is 0 Å². The topological polar surface area (TPSA) is 66.9 Å². The highest BCUT2D eigenvalue weighted by Crippen LogP contribution is 2.17. The predicted octanol–water partition coefficient (Wildman–Crippen LogP) is 1.57. The van der Waals surface area contributed by atoms with E-state index < -0.39 is 0 Å². The smallest absolute Gasteiger partial charge is 0.224 e. The van der Waals surface area contributed by atoms with E-state index in [-0.39, 0.29) is 5.91 Å². The summed E-state index contributed by atoms with van der Waals surface area (Å²) in [6, 6.07) is 5.59. The van der Waals surface area contributed by atoms with Crippen molar-refractivity contribution in [3.05, 3.63) is 30.6 Å². The molecule has 1 aliphatic heterocycles. The minimum Gasteiger partial charge on any atom is -0.326 e. The number of hydrogen-bond donors (Lipinski definition) is 2. The Bertz CT molecular complexity index is 593. The first-order valence-corrected chi connectivity index (χ1v) is 6.52. The van der Waals surface area contributed by atoms with Crippen molar-refractivity contribution < 1.29 is 4.79 Å². The van der Waals surface area contributed by atoms with Gasteiger partial charge in [-0.1, -0.05) is 0 Å². The molecule has 1 unspecified atom stereocenters. The molecule has 5 nitrogen and oxygen atoms in total. The van der Waals surface area contributed by atoms with Crippen LogP contribution >= 0.6 is 0 Å². The first-order valence-electron chi connectivity index (χ1n) is 6.52. The van der Waals surface area contributed by atoms with Crippen LogP contribution in [0.3, 0.4) is 0 Å². The Hall–Kier alpha value is -2.01. The van der Waals surface area contributed by atoms with Gasteiger partial charge in [-0.2, -0.15) is 0 Å². The van der Waals surface area contributed by atoms with E-state index in [1.807, 2.05) is 18.2 Å². The molecule has 1 aromatic carbocycles. The van der Waals surface area contributed by atoms with Crippen LogP contribution in [0.4, 0.5) is 5.69 Å². The summed E-state index contributed by atoms with van der Waals surface area (Å²) in [6.45, 7) is 1.96. The molecule has 19 heavy (non-hydrogen) atoms. The minimum atomic E-state index is 0.0666. The minimum absolute atomic E-state index is 0.0666. The summed E-state index contributed by atoms with van der Waals surface area (Å²) in [7, 11) is 0. The van der Waals surface area contributed by atoms with Crippen molar-refractivity contribution in [2.45, 2.75) is 12.8 Å². The SMILES string of the molecule is O=C(CC1CCNC1)Nc1ccc2nccnc2c1. The van der Waals surface area contributed by atoms with Crippen molar-refractivity contribution in [1.29, 1.82) is 0 Å². The molecule has 2 N–H and O–H groups in total. The monoisotopic (exact) mass is 256 g/mol.